The zero-order chi connectivity index (χ0) is 13.1. The number of rotatable bonds is 3. The molecule has 19 heavy (non-hydrogen) atoms. The highest BCUT2D eigenvalue weighted by atomic mass is 32.1. The predicted molar refractivity (Wildman–Crippen MR) is 80.7 cm³/mol. The van der Waals surface area contributed by atoms with Crippen molar-refractivity contribution in [1.29, 1.82) is 0 Å². The summed E-state index contributed by atoms with van der Waals surface area (Å²) in [5.41, 5.74) is 4.67. The Balaban J connectivity index is 1.82. The van der Waals surface area contributed by atoms with Gasteiger partial charge in [-0.25, -0.2) is 0 Å². The Kier molecular flexibility index (Phi) is 3.34. The number of aromatic hydroxyl groups is 1. The van der Waals surface area contributed by atoms with E-state index in [1.54, 1.807) is 17.4 Å². The third-order valence-corrected chi connectivity index (χ3v) is 3.88. The monoisotopic (exact) mass is 266 g/mol. The quantitative estimate of drug-likeness (QED) is 0.727. The van der Waals surface area contributed by atoms with E-state index in [2.05, 4.69) is 41.1 Å². The van der Waals surface area contributed by atoms with Crippen LogP contribution in [0.3, 0.4) is 0 Å². The van der Waals surface area contributed by atoms with Crippen molar-refractivity contribution in [3.63, 3.8) is 0 Å². The summed E-state index contributed by atoms with van der Waals surface area (Å²) in [5.74, 6) is 0.365. The maximum atomic E-state index is 9.78. The fourth-order valence-corrected chi connectivity index (χ4v) is 2.79. The molecule has 3 rings (SSSR count). The van der Waals surface area contributed by atoms with Gasteiger partial charge in [0, 0.05) is 6.42 Å². The molecule has 0 aliphatic carbocycles. The molecule has 2 aromatic carbocycles. The van der Waals surface area contributed by atoms with Crippen LogP contribution in [-0.2, 0) is 6.42 Å². The van der Waals surface area contributed by atoms with E-state index in [1.807, 2.05) is 18.2 Å². The molecule has 0 bridgehead atoms. The van der Waals surface area contributed by atoms with Crippen LogP contribution in [0.2, 0.25) is 0 Å². The molecule has 0 aliphatic heterocycles. The summed E-state index contributed by atoms with van der Waals surface area (Å²) in [6.45, 7) is 0. The number of phenolic OH excluding ortho intramolecular Hbond substituents is 1. The Morgan fingerprint density at radius 3 is 2.32 bits per heavy atom. The lowest BCUT2D eigenvalue weighted by Crippen LogP contribution is -1.88. The van der Waals surface area contributed by atoms with Crippen molar-refractivity contribution < 1.29 is 5.11 Å². The van der Waals surface area contributed by atoms with Crippen LogP contribution in [0.4, 0.5) is 0 Å². The summed E-state index contributed by atoms with van der Waals surface area (Å²) in [7, 11) is 0. The Morgan fingerprint density at radius 1 is 0.842 bits per heavy atom. The van der Waals surface area contributed by atoms with Gasteiger partial charge in [-0.1, -0.05) is 42.5 Å². The standard InChI is InChI=1S/C17H14OS/c18-17-4-2-1-3-15(17)11-13-5-7-14(8-6-13)16-9-10-19-12-16/h1-10,12,18H,11H2. The van der Waals surface area contributed by atoms with Crippen molar-refractivity contribution >= 4 is 11.3 Å². The van der Waals surface area contributed by atoms with Crippen LogP contribution in [0.5, 0.6) is 5.75 Å². The maximum Gasteiger partial charge on any atom is 0.119 e. The molecular formula is C17H14OS. The molecule has 1 N–H and O–H groups in total. The van der Waals surface area contributed by atoms with Gasteiger partial charge in [0.2, 0.25) is 0 Å². The van der Waals surface area contributed by atoms with Crippen molar-refractivity contribution in [2.24, 2.45) is 0 Å². The van der Waals surface area contributed by atoms with Crippen LogP contribution in [0, 0.1) is 0 Å². The fraction of sp³-hybridized carbons (Fsp3) is 0.0588. The van der Waals surface area contributed by atoms with Crippen molar-refractivity contribution in [3.05, 3.63) is 76.5 Å². The second-order valence-corrected chi connectivity index (χ2v) is 5.29. The molecule has 1 aromatic heterocycles. The number of para-hydroxylation sites is 1. The van der Waals surface area contributed by atoms with E-state index in [-0.39, 0.29) is 0 Å². The third kappa shape index (κ3) is 2.69. The minimum Gasteiger partial charge on any atom is -0.508 e. The molecule has 0 saturated carbocycles. The first-order chi connectivity index (χ1) is 9.33. The minimum atomic E-state index is 0.365. The second kappa shape index (κ2) is 5.29. The van der Waals surface area contributed by atoms with Crippen LogP contribution in [-0.4, -0.2) is 5.11 Å². The molecule has 0 spiro atoms. The highest BCUT2D eigenvalue weighted by molar-refractivity contribution is 7.08. The molecule has 0 atom stereocenters. The third-order valence-electron chi connectivity index (χ3n) is 3.19. The lowest BCUT2D eigenvalue weighted by atomic mass is 10.0. The number of phenols is 1. The van der Waals surface area contributed by atoms with Crippen molar-refractivity contribution in [1.82, 2.24) is 0 Å². The normalized spacial score (nSPS) is 10.5. The minimum absolute atomic E-state index is 0.365. The first kappa shape index (κ1) is 12.0. The number of hydrogen-bond acceptors (Lipinski definition) is 2. The van der Waals surface area contributed by atoms with Gasteiger partial charge in [-0.3, -0.25) is 0 Å². The molecule has 1 heterocycles. The first-order valence-electron chi connectivity index (χ1n) is 6.21. The van der Waals surface area contributed by atoms with Crippen LogP contribution in [0.25, 0.3) is 11.1 Å². The van der Waals surface area contributed by atoms with E-state index in [0.717, 1.165) is 12.0 Å². The van der Waals surface area contributed by atoms with E-state index in [4.69, 9.17) is 0 Å². The smallest absolute Gasteiger partial charge is 0.119 e. The Morgan fingerprint density at radius 2 is 1.63 bits per heavy atom. The van der Waals surface area contributed by atoms with Crippen LogP contribution in [0.1, 0.15) is 11.1 Å². The summed E-state index contributed by atoms with van der Waals surface area (Å²) in [4.78, 5) is 0. The van der Waals surface area contributed by atoms with E-state index in [9.17, 15) is 5.11 Å². The molecule has 3 aromatic rings. The SMILES string of the molecule is Oc1ccccc1Cc1ccc(-c2ccsc2)cc1. The summed E-state index contributed by atoms with van der Waals surface area (Å²) < 4.78 is 0. The van der Waals surface area contributed by atoms with Crippen molar-refractivity contribution in [2.75, 3.05) is 0 Å². The van der Waals surface area contributed by atoms with Gasteiger partial charge in [-0.2, -0.15) is 11.3 Å². The largest absolute Gasteiger partial charge is 0.508 e. The molecule has 0 fully saturated rings. The number of thiophene rings is 1. The van der Waals surface area contributed by atoms with Gasteiger partial charge in [-0.05, 0) is 45.1 Å². The zero-order valence-electron chi connectivity index (χ0n) is 10.4. The van der Waals surface area contributed by atoms with Gasteiger partial charge >= 0.3 is 0 Å². The van der Waals surface area contributed by atoms with Gasteiger partial charge in [0.05, 0.1) is 0 Å². The van der Waals surface area contributed by atoms with Crippen LogP contribution in [0.15, 0.2) is 65.4 Å². The van der Waals surface area contributed by atoms with E-state index in [0.29, 0.717) is 5.75 Å². The Labute approximate surface area is 116 Å². The summed E-state index contributed by atoms with van der Waals surface area (Å²) in [6, 6.07) is 18.1. The molecule has 0 amide bonds. The van der Waals surface area contributed by atoms with Crippen LogP contribution >= 0.6 is 11.3 Å². The zero-order valence-corrected chi connectivity index (χ0v) is 11.2. The van der Waals surface area contributed by atoms with E-state index >= 15 is 0 Å². The first-order valence-corrected chi connectivity index (χ1v) is 7.15. The molecule has 1 nitrogen and oxygen atoms in total. The fourth-order valence-electron chi connectivity index (χ4n) is 2.12. The van der Waals surface area contributed by atoms with Crippen LogP contribution < -0.4 is 0 Å². The van der Waals surface area contributed by atoms with Gasteiger partial charge in [0.25, 0.3) is 0 Å². The number of benzene rings is 2. The molecular weight excluding hydrogens is 252 g/mol. The van der Waals surface area contributed by atoms with Crippen molar-refractivity contribution in [2.45, 2.75) is 6.42 Å². The average Bonchev–Trinajstić information content (AvgIpc) is 2.96. The van der Waals surface area contributed by atoms with Gasteiger partial charge in [-0.15, -0.1) is 0 Å². The van der Waals surface area contributed by atoms with Gasteiger partial charge in [0.15, 0.2) is 0 Å². The van der Waals surface area contributed by atoms with E-state index in [1.165, 1.54) is 16.7 Å². The summed E-state index contributed by atoms with van der Waals surface area (Å²) in [6.07, 6.45) is 0.761. The highest BCUT2D eigenvalue weighted by Crippen LogP contribution is 2.24. The Hall–Kier alpha value is -2.06. The molecule has 0 radical (unpaired) electrons. The maximum absolute atomic E-state index is 9.78. The molecule has 0 saturated heterocycles. The number of hydrogen-bond donors (Lipinski definition) is 1. The molecule has 0 aliphatic rings. The molecule has 2 heteroatoms. The van der Waals surface area contributed by atoms with Gasteiger partial charge in [0.1, 0.15) is 5.75 Å². The van der Waals surface area contributed by atoms with E-state index < -0.39 is 0 Å². The van der Waals surface area contributed by atoms with Gasteiger partial charge < -0.3 is 5.11 Å². The lowest BCUT2D eigenvalue weighted by molar-refractivity contribution is 0.469. The highest BCUT2D eigenvalue weighted by Gasteiger charge is 2.02. The summed E-state index contributed by atoms with van der Waals surface area (Å²) >= 11 is 1.71. The predicted octanol–water partition coefficient (Wildman–Crippen LogP) is 4.71. The molecule has 0 unspecified atom stereocenters. The Bertz CT molecular complexity index is 654. The lowest BCUT2D eigenvalue weighted by Gasteiger charge is -2.05. The average molecular weight is 266 g/mol. The molecule has 94 valence electrons. The topological polar surface area (TPSA) is 20.2 Å². The van der Waals surface area contributed by atoms with Crippen molar-refractivity contribution in [3.8, 4) is 16.9 Å². The second-order valence-electron chi connectivity index (χ2n) is 4.51. The summed E-state index contributed by atoms with van der Waals surface area (Å²) in [5, 5.41) is 14.0.